The topological polar surface area (TPSA) is 83.5 Å². The van der Waals surface area contributed by atoms with Crippen LogP contribution in [0.2, 0.25) is 0 Å². The number of carbonyl (C=O) groups is 1. The van der Waals surface area contributed by atoms with Crippen LogP contribution in [0.15, 0.2) is 24.3 Å². The van der Waals surface area contributed by atoms with E-state index >= 15 is 0 Å². The standard InChI is InChI=1S/C13H17NO4S/c15-13(16)12-3-1-2-10(6-12)7-14-8-11-4-5-19(17,18)9-11/h1-3,6,11,14H,4-5,7-9H2,(H,15,16). The predicted octanol–water partition coefficient (Wildman–Crippen LogP) is 0.909. The van der Waals surface area contributed by atoms with Gasteiger partial charge in [-0.05, 0) is 36.6 Å². The fourth-order valence-corrected chi connectivity index (χ4v) is 4.13. The second-order valence-corrected chi connectivity index (χ2v) is 7.13. The van der Waals surface area contributed by atoms with E-state index in [4.69, 9.17) is 5.11 Å². The van der Waals surface area contributed by atoms with E-state index in [1.807, 2.05) is 6.07 Å². The van der Waals surface area contributed by atoms with Crippen molar-refractivity contribution in [2.45, 2.75) is 13.0 Å². The van der Waals surface area contributed by atoms with Crippen LogP contribution in [0.4, 0.5) is 0 Å². The van der Waals surface area contributed by atoms with Gasteiger partial charge in [-0.15, -0.1) is 0 Å². The van der Waals surface area contributed by atoms with Crippen LogP contribution in [0.3, 0.4) is 0 Å². The van der Waals surface area contributed by atoms with Crippen LogP contribution in [-0.2, 0) is 16.4 Å². The summed E-state index contributed by atoms with van der Waals surface area (Å²) in [6, 6.07) is 6.74. The van der Waals surface area contributed by atoms with Gasteiger partial charge in [-0.2, -0.15) is 0 Å². The molecule has 0 aromatic heterocycles. The van der Waals surface area contributed by atoms with Gasteiger partial charge in [-0.25, -0.2) is 13.2 Å². The summed E-state index contributed by atoms with van der Waals surface area (Å²) in [7, 11) is -2.83. The molecule has 1 aliphatic rings. The van der Waals surface area contributed by atoms with Crippen molar-refractivity contribution < 1.29 is 18.3 Å². The van der Waals surface area contributed by atoms with Crippen molar-refractivity contribution >= 4 is 15.8 Å². The van der Waals surface area contributed by atoms with Crippen molar-refractivity contribution in [1.29, 1.82) is 0 Å². The van der Waals surface area contributed by atoms with Gasteiger partial charge in [0.1, 0.15) is 0 Å². The second-order valence-electron chi connectivity index (χ2n) is 4.91. The first-order valence-electron chi connectivity index (χ1n) is 6.20. The Kier molecular flexibility index (Phi) is 4.21. The molecule has 0 aliphatic carbocycles. The molecule has 19 heavy (non-hydrogen) atoms. The summed E-state index contributed by atoms with van der Waals surface area (Å²) in [5.41, 5.74) is 1.16. The van der Waals surface area contributed by atoms with Gasteiger partial charge in [0.25, 0.3) is 0 Å². The molecule has 1 aromatic carbocycles. The van der Waals surface area contributed by atoms with Crippen LogP contribution in [-0.4, -0.2) is 37.5 Å². The van der Waals surface area contributed by atoms with Crippen LogP contribution in [0, 0.1) is 5.92 Å². The third-order valence-electron chi connectivity index (χ3n) is 3.26. The Labute approximate surface area is 112 Å². The van der Waals surface area contributed by atoms with E-state index in [1.165, 1.54) is 0 Å². The van der Waals surface area contributed by atoms with Gasteiger partial charge in [0, 0.05) is 6.54 Å². The molecule has 1 heterocycles. The Hall–Kier alpha value is -1.40. The average molecular weight is 283 g/mol. The highest BCUT2D eigenvalue weighted by molar-refractivity contribution is 7.91. The molecule has 0 bridgehead atoms. The Bertz CT molecular complexity index is 568. The Morgan fingerprint density at radius 2 is 2.21 bits per heavy atom. The maximum Gasteiger partial charge on any atom is 0.335 e. The number of carboxylic acid groups (broad SMARTS) is 1. The van der Waals surface area contributed by atoms with E-state index in [9.17, 15) is 13.2 Å². The number of nitrogens with one attached hydrogen (secondary N) is 1. The van der Waals surface area contributed by atoms with Gasteiger partial charge >= 0.3 is 5.97 Å². The van der Waals surface area contributed by atoms with E-state index in [-0.39, 0.29) is 23.0 Å². The van der Waals surface area contributed by atoms with Crippen molar-refractivity contribution in [2.75, 3.05) is 18.1 Å². The highest BCUT2D eigenvalue weighted by atomic mass is 32.2. The SMILES string of the molecule is O=C(O)c1cccc(CNCC2CCS(=O)(=O)C2)c1. The van der Waals surface area contributed by atoms with Crippen molar-refractivity contribution in [3.63, 3.8) is 0 Å². The van der Waals surface area contributed by atoms with Gasteiger partial charge in [0.05, 0.1) is 17.1 Å². The Morgan fingerprint density at radius 3 is 2.84 bits per heavy atom. The summed E-state index contributed by atoms with van der Waals surface area (Å²) in [6.07, 6.45) is 0.713. The number of hydrogen-bond donors (Lipinski definition) is 2. The van der Waals surface area contributed by atoms with Crippen LogP contribution < -0.4 is 5.32 Å². The Morgan fingerprint density at radius 1 is 1.42 bits per heavy atom. The molecule has 0 saturated carbocycles. The Balaban J connectivity index is 1.83. The monoisotopic (exact) mass is 283 g/mol. The fraction of sp³-hybridized carbons (Fsp3) is 0.462. The second kappa shape index (κ2) is 5.71. The lowest BCUT2D eigenvalue weighted by atomic mass is 10.1. The minimum atomic E-state index is -2.83. The first-order chi connectivity index (χ1) is 8.96. The lowest BCUT2D eigenvalue weighted by molar-refractivity contribution is 0.0696. The van der Waals surface area contributed by atoms with Crippen LogP contribution >= 0.6 is 0 Å². The minimum absolute atomic E-state index is 0.174. The quantitative estimate of drug-likeness (QED) is 0.839. The molecule has 2 rings (SSSR count). The van der Waals surface area contributed by atoms with Crippen LogP contribution in [0.1, 0.15) is 22.3 Å². The molecule has 0 spiro atoms. The summed E-state index contributed by atoms with van der Waals surface area (Å²) in [5, 5.41) is 12.1. The molecular formula is C13H17NO4S. The number of carboxylic acids is 1. The van der Waals surface area contributed by atoms with Gasteiger partial charge in [0.15, 0.2) is 9.84 Å². The van der Waals surface area contributed by atoms with E-state index in [2.05, 4.69) is 5.32 Å². The number of rotatable bonds is 5. The normalized spacial score (nSPS) is 21.4. The number of benzene rings is 1. The van der Waals surface area contributed by atoms with Crippen molar-refractivity contribution in [3.8, 4) is 0 Å². The highest BCUT2D eigenvalue weighted by Crippen LogP contribution is 2.17. The summed E-state index contributed by atoms with van der Waals surface area (Å²) in [4.78, 5) is 10.8. The molecule has 0 amide bonds. The number of aromatic carboxylic acids is 1. The lowest BCUT2D eigenvalue weighted by Crippen LogP contribution is -2.23. The number of hydrogen-bond acceptors (Lipinski definition) is 4. The first-order valence-corrected chi connectivity index (χ1v) is 8.02. The zero-order valence-electron chi connectivity index (χ0n) is 10.5. The van der Waals surface area contributed by atoms with Crippen LogP contribution in [0.5, 0.6) is 0 Å². The van der Waals surface area contributed by atoms with Gasteiger partial charge < -0.3 is 10.4 Å². The summed E-state index contributed by atoms with van der Waals surface area (Å²) >= 11 is 0. The van der Waals surface area contributed by atoms with Gasteiger partial charge in [-0.1, -0.05) is 12.1 Å². The molecule has 1 atom stereocenters. The number of sulfone groups is 1. The maximum absolute atomic E-state index is 11.3. The van der Waals surface area contributed by atoms with E-state index in [0.29, 0.717) is 19.5 Å². The molecule has 1 fully saturated rings. The highest BCUT2D eigenvalue weighted by Gasteiger charge is 2.27. The molecule has 2 N–H and O–H groups in total. The molecule has 1 saturated heterocycles. The molecule has 1 unspecified atom stereocenters. The fourth-order valence-electron chi connectivity index (χ4n) is 2.27. The van der Waals surface area contributed by atoms with Crippen molar-refractivity contribution in [1.82, 2.24) is 5.32 Å². The zero-order chi connectivity index (χ0) is 13.9. The average Bonchev–Trinajstić information content (AvgIpc) is 2.69. The molecule has 6 heteroatoms. The third-order valence-corrected chi connectivity index (χ3v) is 5.10. The first kappa shape index (κ1) is 14.0. The largest absolute Gasteiger partial charge is 0.478 e. The summed E-state index contributed by atoms with van der Waals surface area (Å²) in [6.45, 7) is 1.20. The zero-order valence-corrected chi connectivity index (χ0v) is 11.3. The van der Waals surface area contributed by atoms with E-state index < -0.39 is 15.8 Å². The predicted molar refractivity (Wildman–Crippen MR) is 71.9 cm³/mol. The molecule has 1 aliphatic heterocycles. The van der Waals surface area contributed by atoms with E-state index in [1.54, 1.807) is 18.2 Å². The molecular weight excluding hydrogens is 266 g/mol. The van der Waals surface area contributed by atoms with Crippen molar-refractivity contribution in [3.05, 3.63) is 35.4 Å². The minimum Gasteiger partial charge on any atom is -0.478 e. The molecule has 1 aromatic rings. The smallest absolute Gasteiger partial charge is 0.335 e. The van der Waals surface area contributed by atoms with Gasteiger partial charge in [0.2, 0.25) is 0 Å². The lowest BCUT2D eigenvalue weighted by Gasteiger charge is -2.09. The molecule has 5 nitrogen and oxygen atoms in total. The van der Waals surface area contributed by atoms with E-state index in [0.717, 1.165) is 5.56 Å². The van der Waals surface area contributed by atoms with Crippen molar-refractivity contribution in [2.24, 2.45) is 5.92 Å². The third kappa shape index (κ3) is 4.04. The molecule has 0 radical (unpaired) electrons. The maximum atomic E-state index is 11.3. The summed E-state index contributed by atoms with van der Waals surface area (Å²) in [5.74, 6) is -0.223. The molecule has 104 valence electrons. The van der Waals surface area contributed by atoms with Gasteiger partial charge in [-0.3, -0.25) is 0 Å². The van der Waals surface area contributed by atoms with Crippen LogP contribution in [0.25, 0.3) is 0 Å². The summed E-state index contributed by atoms with van der Waals surface area (Å²) < 4.78 is 22.6.